The third kappa shape index (κ3) is 72.7. The van der Waals surface area contributed by atoms with Crippen LogP contribution in [0.25, 0.3) is 0 Å². The highest BCUT2D eigenvalue weighted by atomic mass is 31.2. The van der Waals surface area contributed by atoms with Crippen LogP contribution in [0.15, 0.2) is 158 Å². The minimum Gasteiger partial charge on any atom is -0.462 e. The van der Waals surface area contributed by atoms with Crippen LogP contribution in [0, 0.1) is 0 Å². The second kappa shape index (κ2) is 69.0. The van der Waals surface area contributed by atoms with E-state index in [-0.39, 0.29) is 32.0 Å². The summed E-state index contributed by atoms with van der Waals surface area (Å²) in [5.74, 6) is -0.831. The number of rotatable bonds is 65. The molecule has 0 saturated heterocycles. The van der Waals surface area contributed by atoms with E-state index < -0.39 is 26.5 Å². The summed E-state index contributed by atoms with van der Waals surface area (Å²) in [6, 6.07) is 0. The summed E-state index contributed by atoms with van der Waals surface area (Å²) in [7, 11) is 1.44. The summed E-state index contributed by atoms with van der Waals surface area (Å²) in [4.78, 5) is 35.9. The van der Waals surface area contributed by atoms with Crippen LogP contribution in [-0.4, -0.2) is 74.9 Å². The van der Waals surface area contributed by atoms with E-state index >= 15 is 0 Å². The molecule has 0 spiro atoms. The van der Waals surface area contributed by atoms with Crippen LogP contribution in [-0.2, 0) is 32.7 Å². The molecule has 0 heterocycles. The number of carbonyl (C=O) groups excluding carboxylic acids is 2. The average molecular weight is 1270 g/mol. The van der Waals surface area contributed by atoms with Gasteiger partial charge in [-0.25, -0.2) is 4.57 Å². The van der Waals surface area contributed by atoms with E-state index in [4.69, 9.17) is 18.5 Å². The van der Waals surface area contributed by atoms with Crippen molar-refractivity contribution in [1.82, 2.24) is 0 Å². The van der Waals surface area contributed by atoms with Gasteiger partial charge in [0.05, 0.1) is 27.7 Å². The lowest BCUT2D eigenvalue weighted by Crippen LogP contribution is -2.37. The molecule has 512 valence electrons. The number of esters is 2. The zero-order valence-electron chi connectivity index (χ0n) is 58.3. The Kier molecular flexibility index (Phi) is 65.6. The van der Waals surface area contributed by atoms with Gasteiger partial charge in [0.2, 0.25) is 0 Å². The van der Waals surface area contributed by atoms with Crippen molar-refractivity contribution in [3.8, 4) is 0 Å². The molecule has 90 heavy (non-hydrogen) atoms. The van der Waals surface area contributed by atoms with Gasteiger partial charge in [0.1, 0.15) is 19.8 Å². The van der Waals surface area contributed by atoms with Gasteiger partial charge in [-0.05, 0) is 128 Å². The second-order valence-electron chi connectivity index (χ2n) is 24.9. The van der Waals surface area contributed by atoms with Gasteiger partial charge in [-0.1, -0.05) is 300 Å². The predicted molar refractivity (Wildman–Crippen MR) is 390 cm³/mol. The number of nitrogens with zero attached hydrogens (tertiary/aromatic N) is 1. The number of likely N-dealkylation sites (N-methyl/N-ethyl adjacent to an activating group) is 1. The van der Waals surface area contributed by atoms with Crippen LogP contribution in [0.4, 0.5) is 0 Å². The first-order valence-electron chi connectivity index (χ1n) is 36.2. The first-order valence-corrected chi connectivity index (χ1v) is 37.7. The van der Waals surface area contributed by atoms with Gasteiger partial charge >= 0.3 is 19.8 Å². The molecule has 9 nitrogen and oxygen atoms in total. The van der Waals surface area contributed by atoms with E-state index in [0.717, 1.165) is 122 Å². The van der Waals surface area contributed by atoms with Crippen LogP contribution in [0.1, 0.15) is 284 Å². The first kappa shape index (κ1) is 85.6. The van der Waals surface area contributed by atoms with Crippen molar-refractivity contribution in [3.05, 3.63) is 158 Å². The summed E-state index contributed by atoms with van der Waals surface area (Å²) in [6.45, 7) is 4.28. The van der Waals surface area contributed by atoms with Crippen LogP contribution >= 0.6 is 7.82 Å². The smallest absolute Gasteiger partial charge is 0.462 e. The summed E-state index contributed by atoms with van der Waals surface area (Å²) in [5, 5.41) is 0. The van der Waals surface area contributed by atoms with E-state index in [9.17, 15) is 19.0 Å². The predicted octanol–water partition coefficient (Wildman–Crippen LogP) is 23.9. The molecule has 0 aromatic rings. The second-order valence-corrected chi connectivity index (χ2v) is 26.3. The highest BCUT2D eigenvalue weighted by Crippen LogP contribution is 2.43. The Labute approximate surface area is 554 Å². The quantitative estimate of drug-likeness (QED) is 0.0211. The number of carbonyl (C=O) groups is 2. The Bertz CT molecular complexity index is 2080. The molecule has 0 rings (SSSR count). The number of unbranched alkanes of at least 4 members (excludes halogenated alkanes) is 25. The third-order valence-corrected chi connectivity index (χ3v) is 16.0. The summed E-state index contributed by atoms with van der Waals surface area (Å²) in [6.07, 6.45) is 103. The summed E-state index contributed by atoms with van der Waals surface area (Å²) in [5.41, 5.74) is 0. The lowest BCUT2D eigenvalue weighted by molar-refractivity contribution is -0.870. The average Bonchev–Trinajstić information content (AvgIpc) is 3.61. The van der Waals surface area contributed by atoms with E-state index in [2.05, 4.69) is 172 Å². The van der Waals surface area contributed by atoms with Crippen LogP contribution in [0.2, 0.25) is 0 Å². The molecule has 0 aromatic carbocycles. The molecule has 0 aromatic heterocycles. The van der Waals surface area contributed by atoms with Crippen molar-refractivity contribution in [1.29, 1.82) is 0 Å². The van der Waals surface area contributed by atoms with Crippen molar-refractivity contribution in [2.75, 3.05) is 47.5 Å². The molecule has 0 amide bonds. The fourth-order valence-electron chi connectivity index (χ4n) is 9.52. The zero-order valence-corrected chi connectivity index (χ0v) is 59.2. The molecule has 0 bridgehead atoms. The maximum atomic E-state index is 12.9. The standard InChI is InChI=1S/C80H134NO8P/c1-6-8-10-12-14-16-18-20-22-24-26-28-30-32-34-36-38-39-40-41-43-45-47-49-51-53-55-57-59-61-63-65-67-69-71-73-80(83)89-78(77-88-90(84,85)87-75-74-81(3,4)5)76-86-79(82)72-70-68-66-64-62-60-58-56-54-52-50-48-46-44-42-37-35-33-31-29-27-25-23-21-19-17-15-13-11-9-7-2/h8,10,14,16,19-22,25-28,31-34,38-39,41,43,47,49,53,55,59,61,78H,6-7,9,11-13,15,17-18,23-24,29-30,35-37,40,42,44-46,48,50-52,54,56-58,60,62-77H2,1-5H3/p+1/b10-8-,16-14-,21-19-,22-20-,27-25-,28-26-,33-31-,34-32-,39-38-,43-41-,49-47-,55-53-,61-59-. The number of hydrogen-bond donors (Lipinski definition) is 1. The molecule has 10 heteroatoms. The maximum absolute atomic E-state index is 12.9. The van der Waals surface area contributed by atoms with E-state index in [0.29, 0.717) is 17.4 Å². The number of allylic oxidation sites excluding steroid dienone is 26. The Morgan fingerprint density at radius 2 is 0.633 bits per heavy atom. The molecule has 0 aliphatic heterocycles. The van der Waals surface area contributed by atoms with Gasteiger partial charge in [0.15, 0.2) is 6.10 Å². The molecular formula is C80H135NO8P+. The van der Waals surface area contributed by atoms with Crippen molar-refractivity contribution in [3.63, 3.8) is 0 Å². The van der Waals surface area contributed by atoms with E-state index in [1.807, 2.05) is 21.1 Å². The fraction of sp³-hybridized carbons (Fsp3) is 0.650. The zero-order chi connectivity index (χ0) is 65.5. The van der Waals surface area contributed by atoms with Crippen LogP contribution in [0.5, 0.6) is 0 Å². The molecule has 2 unspecified atom stereocenters. The number of quaternary nitrogens is 1. The molecule has 0 fully saturated rings. The Hall–Kier alpha value is -4.37. The first-order chi connectivity index (χ1) is 44.0. The minimum atomic E-state index is -4.41. The number of phosphoric acid groups is 1. The van der Waals surface area contributed by atoms with Crippen LogP contribution < -0.4 is 0 Å². The highest BCUT2D eigenvalue weighted by Gasteiger charge is 2.27. The Morgan fingerprint density at radius 1 is 0.356 bits per heavy atom. The maximum Gasteiger partial charge on any atom is 0.472 e. The lowest BCUT2D eigenvalue weighted by Gasteiger charge is -2.24. The van der Waals surface area contributed by atoms with Crippen LogP contribution in [0.3, 0.4) is 0 Å². The van der Waals surface area contributed by atoms with Gasteiger partial charge in [-0.2, -0.15) is 0 Å². The Morgan fingerprint density at radius 3 is 0.944 bits per heavy atom. The summed E-state index contributed by atoms with van der Waals surface area (Å²) < 4.78 is 34.7. The summed E-state index contributed by atoms with van der Waals surface area (Å²) >= 11 is 0. The molecule has 2 atom stereocenters. The van der Waals surface area contributed by atoms with Crippen molar-refractivity contribution < 1.29 is 42.1 Å². The number of ether oxygens (including phenoxy) is 2. The molecule has 0 saturated carbocycles. The monoisotopic (exact) mass is 1270 g/mol. The SMILES string of the molecule is CC/C=C\C/C=C\C/C=C\C/C=C\C/C=C\C/C=C\C/C=C\C/C=C\C/C=C\C/C=C\CCCCCCC(=O)OC(COC(=O)CCCCCCCCCCCCCCCCCC/C=C\C/C=C\C/C=C\CCCCCCC)COP(=O)(O)OCC[N+](C)(C)C. The highest BCUT2D eigenvalue weighted by molar-refractivity contribution is 7.47. The largest absolute Gasteiger partial charge is 0.472 e. The molecule has 0 aliphatic carbocycles. The number of hydrogen-bond acceptors (Lipinski definition) is 7. The fourth-order valence-corrected chi connectivity index (χ4v) is 10.3. The van der Waals surface area contributed by atoms with Gasteiger partial charge in [-0.15, -0.1) is 0 Å². The molecular weight excluding hydrogens is 1130 g/mol. The van der Waals surface area contributed by atoms with Gasteiger partial charge in [-0.3, -0.25) is 18.6 Å². The topological polar surface area (TPSA) is 108 Å². The third-order valence-electron chi connectivity index (χ3n) is 15.0. The van der Waals surface area contributed by atoms with Crippen molar-refractivity contribution in [2.24, 2.45) is 0 Å². The molecule has 0 radical (unpaired) electrons. The van der Waals surface area contributed by atoms with Crippen molar-refractivity contribution in [2.45, 2.75) is 290 Å². The van der Waals surface area contributed by atoms with E-state index in [1.54, 1.807) is 0 Å². The minimum absolute atomic E-state index is 0.0186. The normalized spacial score (nSPS) is 14.1. The van der Waals surface area contributed by atoms with Gasteiger partial charge in [0.25, 0.3) is 0 Å². The van der Waals surface area contributed by atoms with Gasteiger partial charge in [0, 0.05) is 12.8 Å². The lowest BCUT2D eigenvalue weighted by atomic mass is 10.0. The van der Waals surface area contributed by atoms with Gasteiger partial charge < -0.3 is 18.9 Å². The number of phosphoric ester groups is 1. The van der Waals surface area contributed by atoms with E-state index in [1.165, 1.54) is 128 Å². The molecule has 1 N–H and O–H groups in total. The molecule has 0 aliphatic rings. The van der Waals surface area contributed by atoms with Crippen molar-refractivity contribution >= 4 is 19.8 Å². The Balaban J connectivity index is 4.15.